The number of pyridine rings is 3. The summed E-state index contributed by atoms with van der Waals surface area (Å²) in [5.41, 5.74) is 4.24. The molecule has 0 aromatic carbocycles. The molecule has 5 heterocycles. The number of piperazine rings is 1. The van der Waals surface area contributed by atoms with Gasteiger partial charge in [-0.25, -0.2) is 14.5 Å². The van der Waals surface area contributed by atoms with Gasteiger partial charge in [0.2, 0.25) is 5.88 Å². The Bertz CT molecular complexity index is 1400. The van der Waals surface area contributed by atoms with Gasteiger partial charge in [-0.15, -0.1) is 0 Å². The summed E-state index contributed by atoms with van der Waals surface area (Å²) in [5, 5.41) is 13.9. The maximum absolute atomic E-state index is 9.60. The van der Waals surface area contributed by atoms with E-state index in [0.29, 0.717) is 35.9 Å². The summed E-state index contributed by atoms with van der Waals surface area (Å²) in [4.78, 5) is 14.0. The molecule has 5 rings (SSSR count). The van der Waals surface area contributed by atoms with Gasteiger partial charge in [0.1, 0.15) is 17.6 Å². The van der Waals surface area contributed by atoms with Crippen molar-refractivity contribution in [1.29, 1.82) is 5.26 Å². The normalized spacial score (nSPS) is 18.1. The van der Waals surface area contributed by atoms with Crippen LogP contribution in [-0.4, -0.2) is 63.4 Å². The summed E-state index contributed by atoms with van der Waals surface area (Å²) in [6.07, 6.45) is 7.15. The molecule has 1 aliphatic heterocycles. The fourth-order valence-corrected chi connectivity index (χ4v) is 5.07. The van der Waals surface area contributed by atoms with Crippen molar-refractivity contribution >= 4 is 11.3 Å². The lowest BCUT2D eigenvalue weighted by molar-refractivity contribution is 0.122. The predicted octanol–water partition coefficient (Wildman–Crippen LogP) is 4.17. The lowest BCUT2D eigenvalue weighted by Crippen LogP contribution is -2.56. The molecule has 1 saturated heterocycles. The smallest absolute Gasteiger partial charge is 0.212 e. The van der Waals surface area contributed by atoms with E-state index in [1.165, 1.54) is 5.56 Å². The van der Waals surface area contributed by atoms with Crippen molar-refractivity contribution in [2.75, 3.05) is 31.7 Å². The van der Waals surface area contributed by atoms with E-state index >= 15 is 0 Å². The van der Waals surface area contributed by atoms with Gasteiger partial charge in [0.05, 0.1) is 37.2 Å². The van der Waals surface area contributed by atoms with Crippen molar-refractivity contribution in [2.45, 2.75) is 39.4 Å². The monoisotopic (exact) mass is 497 g/mol. The first kappa shape index (κ1) is 24.5. The van der Waals surface area contributed by atoms with Crippen LogP contribution >= 0.6 is 0 Å². The van der Waals surface area contributed by atoms with Crippen molar-refractivity contribution in [3.8, 4) is 28.8 Å². The summed E-state index contributed by atoms with van der Waals surface area (Å²) in [7, 11) is 1.63. The maximum atomic E-state index is 9.60. The number of anilines is 1. The highest BCUT2D eigenvalue weighted by atomic mass is 16.5. The van der Waals surface area contributed by atoms with Gasteiger partial charge in [0, 0.05) is 61.3 Å². The third-order valence-corrected chi connectivity index (χ3v) is 6.87. The molecule has 37 heavy (non-hydrogen) atoms. The van der Waals surface area contributed by atoms with Crippen LogP contribution in [0.5, 0.6) is 11.6 Å². The van der Waals surface area contributed by atoms with Crippen LogP contribution in [0.2, 0.25) is 0 Å². The highest BCUT2D eigenvalue weighted by Crippen LogP contribution is 2.32. The standard InChI is InChI=1S/C28H31N7O2/c1-5-37-24-10-25(28-23(11-29)14-32-35(28)18-24)22-7-8-26(30-13-22)33-15-19(2)34(20(3)16-33)17-21-6-9-27(36-4)31-12-21/h6-10,12-14,18-20H,5,15-17H2,1-4H3/t19-,20?/m0/s1. The fraction of sp³-hybridized carbons (Fsp3) is 0.357. The van der Waals surface area contributed by atoms with Gasteiger partial charge in [-0.1, -0.05) is 6.07 Å². The van der Waals surface area contributed by atoms with Gasteiger partial charge in [0.15, 0.2) is 0 Å². The van der Waals surface area contributed by atoms with E-state index in [1.54, 1.807) is 24.0 Å². The molecule has 1 aliphatic rings. The Morgan fingerprint density at radius 2 is 1.86 bits per heavy atom. The first-order chi connectivity index (χ1) is 18.0. The molecule has 0 bridgehead atoms. The van der Waals surface area contributed by atoms with Crippen molar-refractivity contribution < 1.29 is 9.47 Å². The zero-order valence-electron chi connectivity index (χ0n) is 21.6. The lowest BCUT2D eigenvalue weighted by atomic mass is 10.0. The number of hydrogen-bond donors (Lipinski definition) is 0. The van der Waals surface area contributed by atoms with E-state index in [2.05, 4.69) is 58.0 Å². The molecule has 1 fully saturated rings. The Kier molecular flexibility index (Phi) is 6.93. The number of methoxy groups -OCH3 is 1. The molecule has 9 nitrogen and oxygen atoms in total. The average Bonchev–Trinajstić information content (AvgIpc) is 3.34. The Morgan fingerprint density at radius 1 is 1.05 bits per heavy atom. The highest BCUT2D eigenvalue weighted by molar-refractivity contribution is 5.85. The molecule has 1 unspecified atom stereocenters. The molecular weight excluding hydrogens is 466 g/mol. The summed E-state index contributed by atoms with van der Waals surface area (Å²) in [6, 6.07) is 13.0. The molecule has 0 radical (unpaired) electrons. The summed E-state index contributed by atoms with van der Waals surface area (Å²) < 4.78 is 12.6. The second-order valence-electron chi connectivity index (χ2n) is 9.37. The molecule has 9 heteroatoms. The van der Waals surface area contributed by atoms with Crippen molar-refractivity contribution in [1.82, 2.24) is 24.5 Å². The van der Waals surface area contributed by atoms with Crippen LogP contribution in [0.3, 0.4) is 0 Å². The van der Waals surface area contributed by atoms with E-state index in [4.69, 9.17) is 14.5 Å². The first-order valence-electron chi connectivity index (χ1n) is 12.5. The van der Waals surface area contributed by atoms with E-state index in [0.717, 1.165) is 42.1 Å². The summed E-state index contributed by atoms with van der Waals surface area (Å²) in [6.45, 7) is 9.61. The zero-order valence-corrected chi connectivity index (χ0v) is 21.6. The first-order valence-corrected chi connectivity index (χ1v) is 12.5. The van der Waals surface area contributed by atoms with Crippen LogP contribution in [0.1, 0.15) is 31.9 Å². The maximum Gasteiger partial charge on any atom is 0.212 e. The van der Waals surface area contributed by atoms with Gasteiger partial charge in [-0.2, -0.15) is 10.4 Å². The number of aromatic nitrogens is 4. The molecule has 4 aromatic rings. The van der Waals surface area contributed by atoms with Gasteiger partial charge in [-0.3, -0.25) is 4.90 Å². The second-order valence-corrected chi connectivity index (χ2v) is 9.37. The third-order valence-electron chi connectivity index (χ3n) is 6.87. The van der Waals surface area contributed by atoms with Crippen molar-refractivity contribution in [3.05, 3.63) is 66.2 Å². The van der Waals surface area contributed by atoms with Crippen LogP contribution < -0.4 is 14.4 Å². The number of hydrogen-bond acceptors (Lipinski definition) is 8. The topological polar surface area (TPSA) is 91.8 Å². The molecule has 2 atom stereocenters. The van der Waals surface area contributed by atoms with E-state index in [9.17, 15) is 5.26 Å². The van der Waals surface area contributed by atoms with E-state index in [-0.39, 0.29) is 0 Å². The summed E-state index contributed by atoms with van der Waals surface area (Å²) in [5.74, 6) is 2.28. The number of nitrogens with zero attached hydrogens (tertiary/aromatic N) is 7. The van der Waals surface area contributed by atoms with E-state index in [1.807, 2.05) is 31.5 Å². The lowest BCUT2D eigenvalue weighted by Gasteiger charge is -2.45. The molecule has 190 valence electrons. The van der Waals surface area contributed by atoms with Crippen LogP contribution in [-0.2, 0) is 6.54 Å². The minimum absolute atomic E-state index is 0.347. The summed E-state index contributed by atoms with van der Waals surface area (Å²) >= 11 is 0. The molecule has 0 amide bonds. The van der Waals surface area contributed by atoms with Crippen molar-refractivity contribution in [3.63, 3.8) is 0 Å². The fourth-order valence-electron chi connectivity index (χ4n) is 5.07. The Hall–Kier alpha value is -4.16. The van der Waals surface area contributed by atoms with Gasteiger partial charge >= 0.3 is 0 Å². The largest absolute Gasteiger partial charge is 0.492 e. The highest BCUT2D eigenvalue weighted by Gasteiger charge is 2.30. The average molecular weight is 498 g/mol. The van der Waals surface area contributed by atoms with Crippen LogP contribution in [0.4, 0.5) is 5.82 Å². The Labute approximate surface area is 216 Å². The minimum Gasteiger partial charge on any atom is -0.492 e. The molecule has 0 N–H and O–H groups in total. The zero-order chi connectivity index (χ0) is 25.9. The molecule has 0 saturated carbocycles. The van der Waals surface area contributed by atoms with Crippen LogP contribution in [0.15, 0.2) is 55.1 Å². The molecule has 0 aliphatic carbocycles. The molecular formula is C28H31N7O2. The van der Waals surface area contributed by atoms with Gasteiger partial charge in [-0.05, 0) is 44.5 Å². The Morgan fingerprint density at radius 3 is 2.49 bits per heavy atom. The third kappa shape index (κ3) is 4.93. The Balaban J connectivity index is 1.35. The van der Waals surface area contributed by atoms with E-state index < -0.39 is 0 Å². The second kappa shape index (κ2) is 10.4. The number of fused-ring (bicyclic) bond motifs is 1. The van der Waals surface area contributed by atoms with Gasteiger partial charge < -0.3 is 14.4 Å². The predicted molar refractivity (Wildman–Crippen MR) is 142 cm³/mol. The minimum atomic E-state index is 0.347. The van der Waals surface area contributed by atoms with Crippen LogP contribution in [0, 0.1) is 11.3 Å². The van der Waals surface area contributed by atoms with Crippen molar-refractivity contribution in [2.24, 2.45) is 0 Å². The quantitative estimate of drug-likeness (QED) is 0.376. The number of ether oxygens (including phenoxy) is 2. The van der Waals surface area contributed by atoms with Gasteiger partial charge in [0.25, 0.3) is 0 Å². The van der Waals surface area contributed by atoms with Crippen LogP contribution in [0.25, 0.3) is 16.6 Å². The number of rotatable bonds is 7. The number of nitriles is 1. The molecule has 0 spiro atoms. The SMILES string of the molecule is CCOc1cc(-c2ccc(N3CC(C)N(Cc4ccc(OC)nc4)[C@@H](C)C3)nc2)c2c(C#N)cnn2c1. The molecule has 4 aromatic heterocycles.